The summed E-state index contributed by atoms with van der Waals surface area (Å²) in [7, 11) is 0. The van der Waals surface area contributed by atoms with Crippen LogP contribution in [0.3, 0.4) is 0 Å². The Morgan fingerprint density at radius 1 is 1.44 bits per heavy atom. The van der Waals surface area contributed by atoms with E-state index >= 15 is 0 Å². The predicted octanol–water partition coefficient (Wildman–Crippen LogP) is -0.132. The number of hydrogen-bond donors (Lipinski definition) is 3. The minimum absolute atomic E-state index is 0.461. The number of hydrogen-bond acceptors (Lipinski definition) is 3. The molecule has 4 N–H and O–H groups in total. The van der Waals surface area contributed by atoms with E-state index in [-0.39, 0.29) is 0 Å². The molecular weight excluding hydrogens is 118 g/mol. The van der Waals surface area contributed by atoms with Crippen LogP contribution in [0, 0.1) is 0 Å². The third-order valence-corrected chi connectivity index (χ3v) is 1.19. The molecule has 0 spiro atoms. The highest BCUT2D eigenvalue weighted by molar-refractivity contribution is 5.83. The Bertz CT molecular complexity index is 318. The standard InChI is InChI=1S/C4H5N5/c5-4-3-2(7-9-4)1-6-8-3/h1H,(H,6,8)(H3,5,7,9). The Morgan fingerprint density at radius 3 is 3.11 bits per heavy atom. The number of fused-ring (bicyclic) bond motifs is 1. The third-order valence-electron chi connectivity index (χ3n) is 1.19. The molecule has 0 fully saturated rings. The minimum atomic E-state index is 0.461. The summed E-state index contributed by atoms with van der Waals surface area (Å²) in [5, 5.41) is 12.9. The SMILES string of the molecule is Nc1n[nH]c2cn[nH]c12. The van der Waals surface area contributed by atoms with Crippen LogP contribution in [0.15, 0.2) is 6.20 Å². The largest absolute Gasteiger partial charge is 0.380 e. The van der Waals surface area contributed by atoms with Crippen LogP contribution in [-0.4, -0.2) is 20.4 Å². The van der Waals surface area contributed by atoms with Crippen LogP contribution in [0.4, 0.5) is 5.82 Å². The first-order valence-electron chi connectivity index (χ1n) is 2.51. The van der Waals surface area contributed by atoms with E-state index in [9.17, 15) is 0 Å². The molecule has 2 aromatic heterocycles. The zero-order chi connectivity index (χ0) is 6.27. The summed E-state index contributed by atoms with van der Waals surface area (Å²) in [5.41, 5.74) is 7.02. The molecule has 5 nitrogen and oxygen atoms in total. The van der Waals surface area contributed by atoms with Crippen LogP contribution in [0.2, 0.25) is 0 Å². The van der Waals surface area contributed by atoms with Gasteiger partial charge in [0.15, 0.2) is 5.82 Å². The highest BCUT2D eigenvalue weighted by Gasteiger charge is 2.00. The van der Waals surface area contributed by atoms with Crippen molar-refractivity contribution < 1.29 is 0 Å². The molecule has 0 unspecified atom stereocenters. The normalized spacial score (nSPS) is 10.7. The van der Waals surface area contributed by atoms with Crippen molar-refractivity contribution in [3.05, 3.63) is 6.20 Å². The fraction of sp³-hybridized carbons (Fsp3) is 0. The molecule has 0 aliphatic rings. The molecule has 0 saturated carbocycles. The van der Waals surface area contributed by atoms with Crippen molar-refractivity contribution in [2.45, 2.75) is 0 Å². The van der Waals surface area contributed by atoms with Gasteiger partial charge in [-0.25, -0.2) is 0 Å². The van der Waals surface area contributed by atoms with Gasteiger partial charge in [-0.15, -0.1) is 0 Å². The maximum absolute atomic E-state index is 5.41. The van der Waals surface area contributed by atoms with E-state index in [1.807, 2.05) is 0 Å². The molecule has 2 aromatic rings. The summed E-state index contributed by atoms with van der Waals surface area (Å²) >= 11 is 0. The van der Waals surface area contributed by atoms with Gasteiger partial charge in [-0.2, -0.15) is 10.2 Å². The number of nitrogens with one attached hydrogen (secondary N) is 2. The molecule has 46 valence electrons. The second kappa shape index (κ2) is 1.25. The van der Waals surface area contributed by atoms with Crippen LogP contribution in [0.1, 0.15) is 0 Å². The molecule has 5 heteroatoms. The summed E-state index contributed by atoms with van der Waals surface area (Å²) in [4.78, 5) is 0. The first-order chi connectivity index (χ1) is 4.38. The lowest BCUT2D eigenvalue weighted by atomic mass is 10.5. The first kappa shape index (κ1) is 4.37. The van der Waals surface area contributed by atoms with Crippen molar-refractivity contribution in [1.29, 1.82) is 0 Å². The van der Waals surface area contributed by atoms with Gasteiger partial charge in [0.05, 0.1) is 6.20 Å². The highest BCUT2D eigenvalue weighted by atomic mass is 15.2. The maximum Gasteiger partial charge on any atom is 0.171 e. The van der Waals surface area contributed by atoms with Gasteiger partial charge in [0.2, 0.25) is 0 Å². The molecule has 0 bridgehead atoms. The molecule has 0 aliphatic heterocycles. The molecule has 2 rings (SSSR count). The Hall–Kier alpha value is -1.52. The second-order valence-corrected chi connectivity index (χ2v) is 1.77. The fourth-order valence-electron chi connectivity index (χ4n) is 0.743. The number of rotatable bonds is 0. The van der Waals surface area contributed by atoms with Crippen molar-refractivity contribution >= 4 is 16.9 Å². The monoisotopic (exact) mass is 123 g/mol. The van der Waals surface area contributed by atoms with Crippen LogP contribution in [0.5, 0.6) is 0 Å². The molecule has 2 heterocycles. The molecule has 0 aromatic carbocycles. The zero-order valence-corrected chi connectivity index (χ0v) is 4.55. The predicted molar refractivity (Wildman–Crippen MR) is 32.7 cm³/mol. The number of aromatic amines is 2. The lowest BCUT2D eigenvalue weighted by Gasteiger charge is -1.75. The van der Waals surface area contributed by atoms with E-state index in [0.717, 1.165) is 11.0 Å². The maximum atomic E-state index is 5.41. The summed E-state index contributed by atoms with van der Waals surface area (Å²) in [6, 6.07) is 0. The van der Waals surface area contributed by atoms with Gasteiger partial charge in [0, 0.05) is 0 Å². The van der Waals surface area contributed by atoms with Crippen molar-refractivity contribution in [2.75, 3.05) is 5.73 Å². The molecular formula is C4H5N5. The van der Waals surface area contributed by atoms with Crippen LogP contribution >= 0.6 is 0 Å². The molecule has 0 aliphatic carbocycles. The number of nitrogens with zero attached hydrogens (tertiary/aromatic N) is 2. The van der Waals surface area contributed by atoms with Gasteiger partial charge in [0.25, 0.3) is 0 Å². The Kier molecular flexibility index (Phi) is 0.606. The first-order valence-corrected chi connectivity index (χ1v) is 2.51. The quantitative estimate of drug-likeness (QED) is 0.456. The van der Waals surface area contributed by atoms with Crippen LogP contribution < -0.4 is 5.73 Å². The molecule has 9 heavy (non-hydrogen) atoms. The van der Waals surface area contributed by atoms with Gasteiger partial charge in [-0.3, -0.25) is 10.2 Å². The summed E-state index contributed by atoms with van der Waals surface area (Å²) in [5.74, 6) is 0.461. The summed E-state index contributed by atoms with van der Waals surface area (Å²) in [6.45, 7) is 0. The van der Waals surface area contributed by atoms with E-state index in [1.165, 1.54) is 0 Å². The molecule has 0 amide bonds. The Morgan fingerprint density at radius 2 is 2.33 bits per heavy atom. The lowest BCUT2D eigenvalue weighted by molar-refractivity contribution is 1.08. The van der Waals surface area contributed by atoms with Gasteiger partial charge in [-0.1, -0.05) is 0 Å². The average molecular weight is 123 g/mol. The van der Waals surface area contributed by atoms with Crippen LogP contribution in [-0.2, 0) is 0 Å². The number of nitrogens with two attached hydrogens (primary N) is 1. The van der Waals surface area contributed by atoms with E-state index in [4.69, 9.17) is 5.73 Å². The van der Waals surface area contributed by atoms with Crippen molar-refractivity contribution in [3.63, 3.8) is 0 Å². The number of anilines is 1. The number of H-pyrrole nitrogens is 2. The van der Waals surface area contributed by atoms with Gasteiger partial charge in [0.1, 0.15) is 11.0 Å². The number of nitrogen functional groups attached to an aromatic ring is 1. The zero-order valence-electron chi connectivity index (χ0n) is 4.55. The lowest BCUT2D eigenvalue weighted by Crippen LogP contribution is -1.84. The summed E-state index contributed by atoms with van der Waals surface area (Å²) < 4.78 is 0. The molecule has 0 saturated heterocycles. The Labute approximate surface area is 50.2 Å². The summed E-state index contributed by atoms with van der Waals surface area (Å²) in [6.07, 6.45) is 1.64. The molecule has 0 radical (unpaired) electrons. The third kappa shape index (κ3) is 0.426. The topological polar surface area (TPSA) is 83.4 Å². The smallest absolute Gasteiger partial charge is 0.171 e. The van der Waals surface area contributed by atoms with Crippen LogP contribution in [0.25, 0.3) is 11.0 Å². The van der Waals surface area contributed by atoms with E-state index in [0.29, 0.717) is 5.82 Å². The van der Waals surface area contributed by atoms with E-state index in [2.05, 4.69) is 20.4 Å². The van der Waals surface area contributed by atoms with E-state index < -0.39 is 0 Å². The van der Waals surface area contributed by atoms with E-state index in [1.54, 1.807) is 6.20 Å². The average Bonchev–Trinajstić information content (AvgIpc) is 2.35. The van der Waals surface area contributed by atoms with Crippen molar-refractivity contribution in [2.24, 2.45) is 0 Å². The highest BCUT2D eigenvalue weighted by Crippen LogP contribution is 2.11. The van der Waals surface area contributed by atoms with Gasteiger partial charge in [-0.05, 0) is 0 Å². The van der Waals surface area contributed by atoms with Gasteiger partial charge >= 0.3 is 0 Å². The fourth-order valence-corrected chi connectivity index (χ4v) is 0.743. The second-order valence-electron chi connectivity index (χ2n) is 1.77. The van der Waals surface area contributed by atoms with Crippen molar-refractivity contribution in [3.8, 4) is 0 Å². The number of aromatic nitrogens is 4. The van der Waals surface area contributed by atoms with Crippen molar-refractivity contribution in [1.82, 2.24) is 20.4 Å². The molecule has 0 atom stereocenters. The van der Waals surface area contributed by atoms with Gasteiger partial charge < -0.3 is 5.73 Å². The minimum Gasteiger partial charge on any atom is -0.380 e. The Balaban J connectivity index is 2.99.